The molecule has 3 rings (SSSR count). The number of benzene rings is 2. The third-order valence-electron chi connectivity index (χ3n) is 4.48. The number of guanidine groups is 1. The molecule has 1 aliphatic rings. The van der Waals surface area contributed by atoms with Crippen LogP contribution in [0.4, 0.5) is 4.39 Å². The molecule has 1 fully saturated rings. The lowest BCUT2D eigenvalue weighted by atomic mass is 10.0. The van der Waals surface area contributed by atoms with Gasteiger partial charge in [0.05, 0.1) is 13.2 Å². The summed E-state index contributed by atoms with van der Waals surface area (Å²) in [7, 11) is 1.78. The van der Waals surface area contributed by atoms with Gasteiger partial charge in [0.2, 0.25) is 0 Å². The van der Waals surface area contributed by atoms with Gasteiger partial charge < -0.3 is 15.0 Å². The molecule has 26 heavy (non-hydrogen) atoms. The van der Waals surface area contributed by atoms with E-state index in [1.54, 1.807) is 19.2 Å². The molecule has 140 valence electrons. The van der Waals surface area contributed by atoms with E-state index in [0.717, 1.165) is 24.6 Å². The van der Waals surface area contributed by atoms with Crippen LogP contribution in [0.1, 0.15) is 22.8 Å². The van der Waals surface area contributed by atoms with Crippen molar-refractivity contribution in [3.05, 3.63) is 71.0 Å². The van der Waals surface area contributed by atoms with Crippen LogP contribution in [-0.2, 0) is 11.3 Å². The highest BCUT2D eigenvalue weighted by Gasteiger charge is 2.25. The Balaban J connectivity index is 0.00000243. The monoisotopic (exact) mass is 469 g/mol. The Morgan fingerprint density at radius 2 is 1.96 bits per heavy atom. The Bertz CT molecular complexity index is 736. The van der Waals surface area contributed by atoms with Gasteiger partial charge in [0.15, 0.2) is 5.96 Å². The molecular weight excluding hydrogens is 444 g/mol. The molecule has 0 saturated carbocycles. The lowest BCUT2D eigenvalue weighted by molar-refractivity contribution is -0.00833. The molecule has 2 aromatic rings. The number of hydrogen-bond donors (Lipinski definition) is 1. The summed E-state index contributed by atoms with van der Waals surface area (Å²) in [5.41, 5.74) is 3.48. The van der Waals surface area contributed by atoms with Crippen LogP contribution in [0.15, 0.2) is 53.5 Å². The molecule has 1 heterocycles. The second kappa shape index (κ2) is 9.87. The van der Waals surface area contributed by atoms with E-state index in [1.165, 1.54) is 23.3 Å². The summed E-state index contributed by atoms with van der Waals surface area (Å²) in [5, 5.41) is 3.36. The van der Waals surface area contributed by atoms with Gasteiger partial charge in [0, 0.05) is 20.1 Å². The van der Waals surface area contributed by atoms with Crippen molar-refractivity contribution >= 4 is 29.9 Å². The van der Waals surface area contributed by atoms with Crippen LogP contribution in [0.2, 0.25) is 0 Å². The van der Waals surface area contributed by atoms with Crippen LogP contribution in [0.25, 0.3) is 0 Å². The van der Waals surface area contributed by atoms with Crippen molar-refractivity contribution in [1.29, 1.82) is 0 Å². The van der Waals surface area contributed by atoms with Gasteiger partial charge in [-0.25, -0.2) is 4.39 Å². The van der Waals surface area contributed by atoms with Crippen LogP contribution in [-0.4, -0.2) is 37.6 Å². The summed E-state index contributed by atoms with van der Waals surface area (Å²) < 4.78 is 19.0. The minimum Gasteiger partial charge on any atom is -0.370 e. The molecule has 1 unspecified atom stereocenters. The van der Waals surface area contributed by atoms with E-state index in [1.807, 2.05) is 12.1 Å². The first-order valence-corrected chi connectivity index (χ1v) is 8.54. The maximum absolute atomic E-state index is 13.0. The summed E-state index contributed by atoms with van der Waals surface area (Å²) in [4.78, 5) is 6.61. The molecule has 0 aromatic heterocycles. The van der Waals surface area contributed by atoms with Crippen molar-refractivity contribution < 1.29 is 9.13 Å². The number of halogens is 2. The fraction of sp³-hybridized carbons (Fsp3) is 0.350. The molecule has 0 aliphatic carbocycles. The minimum absolute atomic E-state index is 0. The molecule has 1 aliphatic heterocycles. The van der Waals surface area contributed by atoms with Gasteiger partial charge >= 0.3 is 0 Å². The first-order chi connectivity index (χ1) is 12.2. The molecule has 1 atom stereocenters. The van der Waals surface area contributed by atoms with Crippen LogP contribution >= 0.6 is 24.0 Å². The average molecular weight is 469 g/mol. The van der Waals surface area contributed by atoms with E-state index < -0.39 is 0 Å². The normalized spacial score (nSPS) is 17.6. The third-order valence-corrected chi connectivity index (χ3v) is 4.48. The molecule has 0 spiro atoms. The molecule has 0 radical (unpaired) electrons. The van der Waals surface area contributed by atoms with E-state index in [0.29, 0.717) is 13.2 Å². The fourth-order valence-corrected chi connectivity index (χ4v) is 3.09. The highest BCUT2D eigenvalue weighted by Crippen LogP contribution is 2.25. The molecular formula is C20H25FIN3O. The number of rotatable bonds is 3. The summed E-state index contributed by atoms with van der Waals surface area (Å²) in [6.45, 7) is 4.94. The third kappa shape index (κ3) is 5.17. The number of aliphatic imine (C=N–C) groups is 1. The molecule has 0 bridgehead atoms. The Kier molecular flexibility index (Phi) is 7.84. The van der Waals surface area contributed by atoms with E-state index in [-0.39, 0.29) is 35.9 Å². The Morgan fingerprint density at radius 3 is 2.65 bits per heavy atom. The quantitative estimate of drug-likeness (QED) is 0.421. The van der Waals surface area contributed by atoms with Crippen molar-refractivity contribution in [3.63, 3.8) is 0 Å². The number of nitrogens with one attached hydrogen (secondary N) is 1. The topological polar surface area (TPSA) is 36.9 Å². The zero-order valence-corrected chi connectivity index (χ0v) is 17.4. The van der Waals surface area contributed by atoms with E-state index in [4.69, 9.17) is 4.74 Å². The maximum atomic E-state index is 13.0. The Morgan fingerprint density at radius 1 is 1.23 bits per heavy atom. The Hall–Kier alpha value is -1.67. The maximum Gasteiger partial charge on any atom is 0.194 e. The van der Waals surface area contributed by atoms with Crippen LogP contribution < -0.4 is 5.32 Å². The van der Waals surface area contributed by atoms with Gasteiger partial charge in [-0.1, -0.05) is 36.4 Å². The number of morpholine rings is 1. The zero-order valence-electron chi connectivity index (χ0n) is 15.1. The van der Waals surface area contributed by atoms with Gasteiger partial charge in [0.1, 0.15) is 11.9 Å². The predicted octanol–water partition coefficient (Wildman–Crippen LogP) is 3.90. The largest absolute Gasteiger partial charge is 0.370 e. The summed E-state index contributed by atoms with van der Waals surface area (Å²) in [5.74, 6) is 0.619. The van der Waals surface area contributed by atoms with E-state index in [2.05, 4.69) is 34.3 Å². The van der Waals surface area contributed by atoms with Crippen molar-refractivity contribution in [2.24, 2.45) is 4.99 Å². The smallest absolute Gasteiger partial charge is 0.194 e. The molecule has 2 aromatic carbocycles. The second-order valence-electron chi connectivity index (χ2n) is 6.19. The number of ether oxygens (including phenoxy) is 1. The van der Waals surface area contributed by atoms with Gasteiger partial charge in [-0.3, -0.25) is 4.99 Å². The summed E-state index contributed by atoms with van der Waals surface area (Å²) >= 11 is 0. The molecule has 1 saturated heterocycles. The van der Waals surface area contributed by atoms with E-state index in [9.17, 15) is 4.39 Å². The SMILES string of the molecule is CN=C(NCc1ccc(F)cc1)N1CCOC(c2ccccc2C)C1.I. The minimum atomic E-state index is -0.220. The van der Waals surface area contributed by atoms with Crippen molar-refractivity contribution in [2.45, 2.75) is 19.6 Å². The second-order valence-corrected chi connectivity index (χ2v) is 6.19. The zero-order chi connectivity index (χ0) is 17.6. The van der Waals surface area contributed by atoms with Gasteiger partial charge in [0.25, 0.3) is 0 Å². The van der Waals surface area contributed by atoms with Crippen LogP contribution in [0.3, 0.4) is 0 Å². The summed E-state index contributed by atoms with van der Waals surface area (Å²) in [6.07, 6.45) is 0.0410. The Labute approximate surface area is 171 Å². The van der Waals surface area contributed by atoms with Crippen LogP contribution in [0.5, 0.6) is 0 Å². The van der Waals surface area contributed by atoms with Gasteiger partial charge in [-0.2, -0.15) is 0 Å². The predicted molar refractivity (Wildman–Crippen MR) is 113 cm³/mol. The number of aryl methyl sites for hydroxylation is 1. The first kappa shape index (κ1) is 20.6. The first-order valence-electron chi connectivity index (χ1n) is 8.54. The molecule has 4 nitrogen and oxygen atoms in total. The lowest BCUT2D eigenvalue weighted by Gasteiger charge is -2.35. The number of nitrogens with zero attached hydrogens (tertiary/aromatic N) is 2. The van der Waals surface area contributed by atoms with Crippen molar-refractivity contribution in [3.8, 4) is 0 Å². The highest BCUT2D eigenvalue weighted by molar-refractivity contribution is 14.0. The van der Waals surface area contributed by atoms with Crippen molar-refractivity contribution in [2.75, 3.05) is 26.7 Å². The van der Waals surface area contributed by atoms with E-state index >= 15 is 0 Å². The highest BCUT2D eigenvalue weighted by atomic mass is 127. The fourth-order valence-electron chi connectivity index (χ4n) is 3.09. The summed E-state index contributed by atoms with van der Waals surface area (Å²) in [6, 6.07) is 14.8. The van der Waals surface area contributed by atoms with Gasteiger partial charge in [-0.05, 0) is 35.7 Å². The molecule has 6 heteroatoms. The standard InChI is InChI=1S/C20H24FN3O.HI/c1-15-5-3-4-6-18(15)19-14-24(11-12-25-19)20(22-2)23-13-16-7-9-17(21)10-8-16;/h3-10,19H,11-14H2,1-2H3,(H,22,23);1H. The molecule has 1 N–H and O–H groups in total. The lowest BCUT2D eigenvalue weighted by Crippen LogP contribution is -2.48. The van der Waals surface area contributed by atoms with Crippen LogP contribution in [0, 0.1) is 12.7 Å². The number of hydrogen-bond acceptors (Lipinski definition) is 2. The average Bonchev–Trinajstić information content (AvgIpc) is 2.64. The molecule has 0 amide bonds. The van der Waals surface area contributed by atoms with Crippen molar-refractivity contribution in [1.82, 2.24) is 10.2 Å². The van der Waals surface area contributed by atoms with Gasteiger partial charge in [-0.15, -0.1) is 24.0 Å².